The molecule has 0 bridgehead atoms. The molecule has 0 radical (unpaired) electrons. The van der Waals surface area contributed by atoms with Crippen LogP contribution in [0.1, 0.15) is 399 Å². The van der Waals surface area contributed by atoms with E-state index in [9.17, 15) is 61.0 Å². The van der Waals surface area contributed by atoms with Gasteiger partial charge in [-0.15, -0.1) is 0 Å². The second-order valence-electron chi connectivity index (χ2n) is 32.8. The smallest absolute Gasteiger partial charge is 0.220 e. The number of carbonyl (C=O) groups is 1. The first-order chi connectivity index (χ1) is 53.3. The Labute approximate surface area is 663 Å². The van der Waals surface area contributed by atoms with E-state index in [4.69, 9.17) is 28.4 Å². The molecule has 1 amide bonds. The first-order valence-electron chi connectivity index (χ1n) is 45.7. The highest BCUT2D eigenvalue weighted by atomic mass is 16.8. The maximum absolute atomic E-state index is 13.5. The van der Waals surface area contributed by atoms with Crippen molar-refractivity contribution in [3.8, 4) is 0 Å². The number of unbranched alkanes of at least 4 members (excludes halogenated alkanes) is 55. The average Bonchev–Trinajstić information content (AvgIpc) is 0.749. The summed E-state index contributed by atoms with van der Waals surface area (Å²) in [5.41, 5.74) is 0. The Bertz CT molecular complexity index is 2100. The minimum atomic E-state index is -1.98. The van der Waals surface area contributed by atoms with Crippen molar-refractivity contribution in [2.45, 2.75) is 503 Å². The number of aliphatic hydroxyl groups is 11. The third kappa shape index (κ3) is 49.0. The molecule has 3 aliphatic rings. The van der Waals surface area contributed by atoms with Crippen LogP contribution in [-0.2, 0) is 33.2 Å². The summed E-state index contributed by atoms with van der Waals surface area (Å²) in [6.45, 7) is 1.80. The topological polar surface area (TPSA) is 307 Å². The third-order valence-electron chi connectivity index (χ3n) is 22.9. The molecular weight excluding hydrogens is 1380 g/mol. The second kappa shape index (κ2) is 70.2. The Kier molecular flexibility index (Phi) is 65.2. The van der Waals surface area contributed by atoms with E-state index in [1.54, 1.807) is 6.08 Å². The van der Waals surface area contributed by atoms with E-state index in [0.717, 1.165) is 51.4 Å². The summed E-state index contributed by atoms with van der Waals surface area (Å²) in [4.78, 5) is 13.5. The van der Waals surface area contributed by atoms with E-state index in [0.29, 0.717) is 6.42 Å². The molecule has 17 atom stereocenters. The van der Waals surface area contributed by atoms with Crippen molar-refractivity contribution < 1.29 is 89.4 Å². The van der Waals surface area contributed by atoms with Gasteiger partial charge in [-0.25, -0.2) is 0 Å². The molecule has 0 aromatic rings. The molecule has 19 heteroatoms. The van der Waals surface area contributed by atoms with Crippen LogP contribution in [-0.4, -0.2) is 193 Å². The van der Waals surface area contributed by atoms with Crippen LogP contribution in [0, 0.1) is 0 Å². The Morgan fingerprint density at radius 3 is 0.936 bits per heavy atom. The molecule has 19 nitrogen and oxygen atoms in total. The van der Waals surface area contributed by atoms with Gasteiger partial charge in [-0.1, -0.05) is 378 Å². The number of aliphatic hydroxyl groups excluding tert-OH is 11. The summed E-state index contributed by atoms with van der Waals surface area (Å²) in [7, 11) is 0. The van der Waals surface area contributed by atoms with Crippen molar-refractivity contribution in [3.63, 3.8) is 0 Å². The number of amides is 1. The highest BCUT2D eigenvalue weighted by Crippen LogP contribution is 2.34. The number of rotatable bonds is 75. The van der Waals surface area contributed by atoms with Crippen molar-refractivity contribution in [3.05, 3.63) is 36.5 Å². The monoisotopic (exact) mass is 1550 g/mol. The quantitative estimate of drug-likeness (QED) is 0.0199. The fourth-order valence-corrected chi connectivity index (χ4v) is 15.6. The SMILES string of the molecule is CCCCCCC/C=C\C/C=C\CCCCCCCCCCCCCCCCCCCCCCCCCC(=O)NC(COC1OC(CO)C(OC2OC(CO)C(OC3OC(CO)C(O)C(O)C3O)C(O)C2O)C(O)C1O)C(O)/C=C/CCCCCCCCCCCCCCCCCCCCCCCCCCCCC. The lowest BCUT2D eigenvalue weighted by molar-refractivity contribution is -0.379. The molecule has 109 heavy (non-hydrogen) atoms. The third-order valence-corrected chi connectivity index (χ3v) is 22.9. The standard InChI is InChI=1S/C90H169NO18/c1-3-5-7-9-11-13-15-17-19-21-23-25-27-29-31-33-34-35-36-37-38-40-42-44-46-48-50-52-54-56-58-60-62-64-66-68-78(96)91-73(74(95)67-65-63-61-59-57-55-53-51-49-47-45-43-41-39-32-30-28-26-24-22-20-18-16-14-12-10-8-6-4-2)72-104-88-84(102)81(99)86(76(70-93)106-88)109-90-85(103)82(100)87(77(71-94)107-90)108-89-83(101)80(98)79(97)75(69-92)105-89/h15,17,21,23,65,67,73-77,79-90,92-95,97-103H,3-14,16,18-20,22,24-64,66,68-72H2,1-2H3,(H,91,96)/b17-15-,23-21-,67-65+. The number of carbonyl (C=O) groups excluding carboxylic acids is 1. The first-order valence-corrected chi connectivity index (χ1v) is 45.7. The molecule has 0 saturated carbocycles. The Morgan fingerprint density at radius 2 is 0.606 bits per heavy atom. The lowest BCUT2D eigenvalue weighted by Gasteiger charge is -2.48. The molecule has 642 valence electrons. The number of hydrogen-bond donors (Lipinski definition) is 12. The molecule has 12 N–H and O–H groups in total. The lowest BCUT2D eigenvalue weighted by Crippen LogP contribution is -2.66. The minimum absolute atomic E-state index is 0.248. The predicted octanol–water partition coefficient (Wildman–Crippen LogP) is 17.4. The van der Waals surface area contributed by atoms with Gasteiger partial charge >= 0.3 is 0 Å². The van der Waals surface area contributed by atoms with Gasteiger partial charge in [0.2, 0.25) is 5.91 Å². The van der Waals surface area contributed by atoms with Crippen LogP contribution in [0.15, 0.2) is 36.5 Å². The lowest BCUT2D eigenvalue weighted by atomic mass is 9.96. The highest BCUT2D eigenvalue weighted by molar-refractivity contribution is 5.76. The van der Waals surface area contributed by atoms with Gasteiger partial charge in [0.05, 0.1) is 38.6 Å². The fourth-order valence-electron chi connectivity index (χ4n) is 15.6. The van der Waals surface area contributed by atoms with Gasteiger partial charge in [0.15, 0.2) is 18.9 Å². The van der Waals surface area contributed by atoms with Crippen LogP contribution in [0.4, 0.5) is 0 Å². The van der Waals surface area contributed by atoms with E-state index in [1.807, 2.05) is 6.08 Å². The molecule has 0 aromatic heterocycles. The fraction of sp³-hybridized carbons (Fsp3) is 0.922. The molecule has 3 rings (SSSR count). The van der Waals surface area contributed by atoms with Gasteiger partial charge in [-0.3, -0.25) is 4.79 Å². The first kappa shape index (κ1) is 101. The summed E-state index contributed by atoms with van der Waals surface area (Å²) in [5.74, 6) is -0.267. The van der Waals surface area contributed by atoms with Crippen molar-refractivity contribution in [1.82, 2.24) is 5.32 Å². The largest absolute Gasteiger partial charge is 0.394 e. The van der Waals surface area contributed by atoms with E-state index in [2.05, 4.69) is 43.5 Å². The van der Waals surface area contributed by atoms with E-state index >= 15 is 0 Å². The summed E-state index contributed by atoms with van der Waals surface area (Å²) >= 11 is 0. The van der Waals surface area contributed by atoms with Crippen LogP contribution in [0.3, 0.4) is 0 Å². The molecule has 3 aliphatic heterocycles. The zero-order valence-electron chi connectivity index (χ0n) is 69.3. The van der Waals surface area contributed by atoms with Crippen LogP contribution < -0.4 is 5.32 Å². The summed E-state index contributed by atoms with van der Waals surface area (Å²) in [6.07, 6.45) is 63.0. The second-order valence-corrected chi connectivity index (χ2v) is 32.8. The molecule has 17 unspecified atom stereocenters. The van der Waals surface area contributed by atoms with Crippen molar-refractivity contribution in [2.75, 3.05) is 26.4 Å². The number of nitrogens with one attached hydrogen (secondary N) is 1. The molecule has 0 aromatic carbocycles. The Morgan fingerprint density at radius 1 is 0.330 bits per heavy atom. The van der Waals surface area contributed by atoms with E-state index in [1.165, 1.54) is 321 Å². The number of ether oxygens (including phenoxy) is 6. The normalized spacial score (nSPS) is 25.4. The maximum atomic E-state index is 13.5. The van der Waals surface area contributed by atoms with Gasteiger partial charge in [0.1, 0.15) is 73.2 Å². The van der Waals surface area contributed by atoms with Gasteiger partial charge in [-0.05, 0) is 51.4 Å². The zero-order valence-corrected chi connectivity index (χ0v) is 69.3. The molecule has 0 aliphatic carbocycles. The average molecular weight is 1550 g/mol. The molecular formula is C90H169NO18. The van der Waals surface area contributed by atoms with Crippen LogP contribution in [0.25, 0.3) is 0 Å². The van der Waals surface area contributed by atoms with Crippen LogP contribution >= 0.6 is 0 Å². The maximum Gasteiger partial charge on any atom is 0.220 e. The predicted molar refractivity (Wildman–Crippen MR) is 439 cm³/mol. The zero-order chi connectivity index (χ0) is 78.8. The number of allylic oxidation sites excluding steroid dienone is 5. The Hall–Kier alpha value is -1.99. The van der Waals surface area contributed by atoms with Gasteiger partial charge in [0.25, 0.3) is 0 Å². The van der Waals surface area contributed by atoms with Crippen LogP contribution in [0.2, 0.25) is 0 Å². The molecule has 3 heterocycles. The van der Waals surface area contributed by atoms with Gasteiger partial charge < -0.3 is 89.9 Å². The van der Waals surface area contributed by atoms with Crippen molar-refractivity contribution in [2.24, 2.45) is 0 Å². The summed E-state index contributed by atoms with van der Waals surface area (Å²) in [6, 6.07) is -0.974. The van der Waals surface area contributed by atoms with Crippen molar-refractivity contribution in [1.29, 1.82) is 0 Å². The van der Waals surface area contributed by atoms with Crippen molar-refractivity contribution >= 4 is 5.91 Å². The molecule has 0 spiro atoms. The Balaban J connectivity index is 1.32. The molecule has 3 fully saturated rings. The minimum Gasteiger partial charge on any atom is -0.394 e. The summed E-state index contributed by atoms with van der Waals surface area (Å²) in [5, 5.41) is 121. The van der Waals surface area contributed by atoms with E-state index < -0.39 is 124 Å². The number of hydrogen-bond acceptors (Lipinski definition) is 18. The molecule has 3 saturated heterocycles. The summed E-state index contributed by atoms with van der Waals surface area (Å²) < 4.78 is 34.5. The van der Waals surface area contributed by atoms with Crippen LogP contribution in [0.5, 0.6) is 0 Å². The van der Waals surface area contributed by atoms with Gasteiger partial charge in [-0.2, -0.15) is 0 Å². The highest BCUT2D eigenvalue weighted by Gasteiger charge is 2.54. The van der Waals surface area contributed by atoms with Gasteiger partial charge in [0, 0.05) is 6.42 Å². The van der Waals surface area contributed by atoms with E-state index in [-0.39, 0.29) is 18.9 Å².